The van der Waals surface area contributed by atoms with Crippen molar-refractivity contribution in [2.75, 3.05) is 13.7 Å². The molecule has 0 bridgehead atoms. The molecular formula is C20H21F3N2O3. The minimum atomic E-state index is -5.03. The van der Waals surface area contributed by atoms with Crippen molar-refractivity contribution in [1.82, 2.24) is 10.6 Å². The van der Waals surface area contributed by atoms with Crippen LogP contribution in [0.4, 0.5) is 13.2 Å². The third-order valence-corrected chi connectivity index (χ3v) is 4.05. The Hall–Kier alpha value is -3.03. The van der Waals surface area contributed by atoms with Crippen LogP contribution in [0.5, 0.6) is 5.75 Å². The van der Waals surface area contributed by atoms with Gasteiger partial charge in [0.2, 0.25) is 5.91 Å². The number of methoxy groups -OCH3 is 1. The molecule has 2 aromatic carbocycles. The zero-order chi connectivity index (χ0) is 20.6. The Balaban J connectivity index is 2.01. The first-order chi connectivity index (χ1) is 13.3. The predicted molar refractivity (Wildman–Crippen MR) is 97.7 cm³/mol. The molecule has 0 spiro atoms. The fourth-order valence-corrected chi connectivity index (χ4v) is 2.58. The number of rotatable bonds is 8. The summed E-state index contributed by atoms with van der Waals surface area (Å²) in [5.41, 5.74) is 1.40. The molecule has 1 atom stereocenters. The van der Waals surface area contributed by atoms with Crippen molar-refractivity contribution in [2.24, 2.45) is 0 Å². The van der Waals surface area contributed by atoms with Crippen molar-refractivity contribution >= 4 is 11.8 Å². The zero-order valence-electron chi connectivity index (χ0n) is 15.3. The Bertz CT molecular complexity index is 778. The smallest absolute Gasteiger partial charge is 0.471 e. The van der Waals surface area contributed by atoms with E-state index in [0.29, 0.717) is 24.3 Å². The summed E-state index contributed by atoms with van der Waals surface area (Å²) in [6.07, 6.45) is -4.76. The van der Waals surface area contributed by atoms with Gasteiger partial charge in [-0.25, -0.2) is 0 Å². The highest BCUT2D eigenvalue weighted by Crippen LogP contribution is 2.23. The molecule has 28 heavy (non-hydrogen) atoms. The molecule has 2 aromatic rings. The van der Waals surface area contributed by atoms with E-state index in [9.17, 15) is 22.8 Å². The molecule has 150 valence electrons. The Labute approximate surface area is 160 Å². The SMILES string of the molecule is COc1ccc(C(CC(=O)NCCc2ccccc2)NC(=O)C(F)(F)F)cc1. The van der Waals surface area contributed by atoms with E-state index < -0.39 is 24.0 Å². The Morgan fingerprint density at radius 2 is 1.68 bits per heavy atom. The summed E-state index contributed by atoms with van der Waals surface area (Å²) >= 11 is 0. The molecule has 0 saturated carbocycles. The van der Waals surface area contributed by atoms with Crippen molar-refractivity contribution in [1.29, 1.82) is 0 Å². The van der Waals surface area contributed by atoms with Gasteiger partial charge in [0.15, 0.2) is 0 Å². The van der Waals surface area contributed by atoms with Crippen molar-refractivity contribution < 1.29 is 27.5 Å². The van der Waals surface area contributed by atoms with Crippen LogP contribution in [0.2, 0.25) is 0 Å². The van der Waals surface area contributed by atoms with E-state index in [1.165, 1.54) is 19.2 Å². The Morgan fingerprint density at radius 1 is 1.04 bits per heavy atom. The van der Waals surface area contributed by atoms with E-state index >= 15 is 0 Å². The number of benzene rings is 2. The largest absolute Gasteiger partial charge is 0.497 e. The lowest BCUT2D eigenvalue weighted by molar-refractivity contribution is -0.174. The van der Waals surface area contributed by atoms with E-state index in [-0.39, 0.29) is 6.42 Å². The summed E-state index contributed by atoms with van der Waals surface area (Å²) < 4.78 is 42.9. The fourth-order valence-electron chi connectivity index (χ4n) is 2.58. The summed E-state index contributed by atoms with van der Waals surface area (Å²) in [4.78, 5) is 23.6. The molecule has 0 aliphatic heterocycles. The maximum Gasteiger partial charge on any atom is 0.471 e. The van der Waals surface area contributed by atoms with Crippen LogP contribution >= 0.6 is 0 Å². The highest BCUT2D eigenvalue weighted by atomic mass is 19.4. The number of halogens is 3. The Kier molecular flexibility index (Phi) is 7.43. The Morgan fingerprint density at radius 3 is 2.25 bits per heavy atom. The van der Waals surface area contributed by atoms with Gasteiger partial charge < -0.3 is 15.4 Å². The standard InChI is InChI=1S/C20H21F3N2O3/c1-28-16-9-7-15(8-10-16)17(25-19(27)20(21,22)23)13-18(26)24-12-11-14-5-3-2-4-6-14/h2-10,17H,11-13H2,1H3,(H,24,26)(H,25,27). The first-order valence-electron chi connectivity index (χ1n) is 8.62. The van der Waals surface area contributed by atoms with Crippen molar-refractivity contribution in [2.45, 2.75) is 25.1 Å². The van der Waals surface area contributed by atoms with Gasteiger partial charge in [-0.05, 0) is 29.7 Å². The molecule has 2 N–H and O–H groups in total. The van der Waals surface area contributed by atoms with Gasteiger partial charge >= 0.3 is 12.1 Å². The van der Waals surface area contributed by atoms with Crippen LogP contribution in [-0.2, 0) is 16.0 Å². The van der Waals surface area contributed by atoms with Crippen LogP contribution in [0.1, 0.15) is 23.6 Å². The molecule has 0 aliphatic rings. The molecule has 2 rings (SSSR count). The molecule has 0 radical (unpaired) electrons. The number of hydrogen-bond acceptors (Lipinski definition) is 3. The maximum absolute atomic E-state index is 12.6. The van der Waals surface area contributed by atoms with Crippen LogP contribution in [0.3, 0.4) is 0 Å². The summed E-state index contributed by atoms with van der Waals surface area (Å²) in [7, 11) is 1.46. The molecule has 0 fully saturated rings. The number of carbonyl (C=O) groups is 2. The lowest BCUT2D eigenvalue weighted by Gasteiger charge is -2.20. The third-order valence-electron chi connectivity index (χ3n) is 4.05. The zero-order valence-corrected chi connectivity index (χ0v) is 15.3. The van der Waals surface area contributed by atoms with E-state index in [1.807, 2.05) is 35.6 Å². The first-order valence-corrected chi connectivity index (χ1v) is 8.62. The number of carbonyl (C=O) groups excluding carboxylic acids is 2. The lowest BCUT2D eigenvalue weighted by atomic mass is 10.0. The average Bonchev–Trinajstić information content (AvgIpc) is 2.67. The molecule has 8 heteroatoms. The van der Waals surface area contributed by atoms with Crippen LogP contribution in [0.25, 0.3) is 0 Å². The second kappa shape index (κ2) is 9.77. The molecule has 0 aliphatic carbocycles. The predicted octanol–water partition coefficient (Wildman–Crippen LogP) is 3.16. The average molecular weight is 394 g/mol. The van der Waals surface area contributed by atoms with Crippen LogP contribution in [0, 0.1) is 0 Å². The quantitative estimate of drug-likeness (QED) is 0.723. The van der Waals surface area contributed by atoms with Gasteiger partial charge in [-0.3, -0.25) is 9.59 Å². The minimum Gasteiger partial charge on any atom is -0.497 e. The third kappa shape index (κ3) is 6.61. The normalized spacial score (nSPS) is 12.1. The second-order valence-corrected chi connectivity index (χ2v) is 6.09. The minimum absolute atomic E-state index is 0.317. The molecular weight excluding hydrogens is 373 g/mol. The number of alkyl halides is 3. The summed E-state index contributed by atoms with van der Waals surface area (Å²) in [6.45, 7) is 0.339. The number of ether oxygens (including phenoxy) is 1. The molecule has 2 amide bonds. The molecule has 1 unspecified atom stereocenters. The van der Waals surface area contributed by atoms with Gasteiger partial charge in [-0.1, -0.05) is 42.5 Å². The lowest BCUT2D eigenvalue weighted by Crippen LogP contribution is -2.41. The second-order valence-electron chi connectivity index (χ2n) is 6.09. The first kappa shape index (κ1) is 21.3. The van der Waals surface area contributed by atoms with Gasteiger partial charge in [0, 0.05) is 6.54 Å². The topological polar surface area (TPSA) is 67.4 Å². The van der Waals surface area contributed by atoms with E-state index in [4.69, 9.17) is 4.74 Å². The van der Waals surface area contributed by atoms with Crippen LogP contribution in [0.15, 0.2) is 54.6 Å². The molecule has 0 heterocycles. The molecule has 0 saturated heterocycles. The van der Waals surface area contributed by atoms with Gasteiger partial charge in [0.25, 0.3) is 0 Å². The monoisotopic (exact) mass is 394 g/mol. The number of amides is 2. The van der Waals surface area contributed by atoms with E-state index in [1.54, 1.807) is 12.1 Å². The van der Waals surface area contributed by atoms with Crippen molar-refractivity contribution in [3.8, 4) is 5.75 Å². The maximum atomic E-state index is 12.6. The highest BCUT2D eigenvalue weighted by molar-refractivity contribution is 5.83. The van der Waals surface area contributed by atoms with Crippen molar-refractivity contribution in [3.63, 3.8) is 0 Å². The fraction of sp³-hybridized carbons (Fsp3) is 0.300. The number of hydrogen-bond donors (Lipinski definition) is 2. The van der Waals surface area contributed by atoms with Gasteiger partial charge in [-0.15, -0.1) is 0 Å². The number of nitrogens with one attached hydrogen (secondary N) is 2. The van der Waals surface area contributed by atoms with Gasteiger partial charge in [0.05, 0.1) is 19.6 Å². The van der Waals surface area contributed by atoms with Crippen LogP contribution < -0.4 is 15.4 Å². The molecule has 5 nitrogen and oxygen atoms in total. The van der Waals surface area contributed by atoms with E-state index in [0.717, 1.165) is 5.56 Å². The van der Waals surface area contributed by atoms with Gasteiger partial charge in [-0.2, -0.15) is 13.2 Å². The van der Waals surface area contributed by atoms with E-state index in [2.05, 4.69) is 5.32 Å². The van der Waals surface area contributed by atoms with Crippen molar-refractivity contribution in [3.05, 3.63) is 65.7 Å². The summed E-state index contributed by atoms with van der Waals surface area (Å²) in [5, 5.41) is 4.55. The summed E-state index contributed by atoms with van der Waals surface area (Å²) in [6, 6.07) is 14.5. The highest BCUT2D eigenvalue weighted by Gasteiger charge is 2.40. The van der Waals surface area contributed by atoms with Crippen LogP contribution in [-0.4, -0.2) is 31.6 Å². The summed E-state index contributed by atoms with van der Waals surface area (Å²) in [5.74, 6) is -2.04. The van der Waals surface area contributed by atoms with Gasteiger partial charge in [0.1, 0.15) is 5.75 Å². The molecule has 0 aromatic heterocycles.